The van der Waals surface area contributed by atoms with Crippen LogP contribution in [0.25, 0.3) is 0 Å². The standard InChI is InChI=1S/C12H19N3O2S/c1-8(2)6-10-13-12(18-14-10)15-5-3-4-9(7-15)11(16)17/h8-9H,3-7H2,1-2H3,(H,16,17). The number of aliphatic carboxylic acids is 1. The molecule has 0 spiro atoms. The number of nitrogens with zero attached hydrogens (tertiary/aromatic N) is 3. The molecule has 1 aromatic rings. The van der Waals surface area contributed by atoms with Gasteiger partial charge in [0.25, 0.3) is 0 Å². The van der Waals surface area contributed by atoms with E-state index in [9.17, 15) is 4.79 Å². The van der Waals surface area contributed by atoms with Gasteiger partial charge in [0.2, 0.25) is 5.13 Å². The van der Waals surface area contributed by atoms with Crippen LogP contribution in [-0.4, -0.2) is 33.5 Å². The highest BCUT2D eigenvalue weighted by Crippen LogP contribution is 2.25. The van der Waals surface area contributed by atoms with Gasteiger partial charge in [-0.3, -0.25) is 4.79 Å². The van der Waals surface area contributed by atoms with Crippen LogP contribution in [0.1, 0.15) is 32.5 Å². The molecular formula is C12H19N3O2S. The van der Waals surface area contributed by atoms with Crippen LogP contribution in [0.3, 0.4) is 0 Å². The molecule has 2 rings (SSSR count). The summed E-state index contributed by atoms with van der Waals surface area (Å²) in [6.07, 6.45) is 2.56. The zero-order valence-electron chi connectivity index (χ0n) is 10.8. The Bertz CT molecular complexity index is 419. The minimum atomic E-state index is -0.702. The molecule has 6 heteroatoms. The summed E-state index contributed by atoms with van der Waals surface area (Å²) in [7, 11) is 0. The minimum Gasteiger partial charge on any atom is -0.481 e. The predicted molar refractivity (Wildman–Crippen MR) is 71.0 cm³/mol. The molecule has 0 saturated carbocycles. The molecule has 1 fully saturated rings. The lowest BCUT2D eigenvalue weighted by molar-refractivity contribution is -0.141. The van der Waals surface area contributed by atoms with E-state index in [-0.39, 0.29) is 5.92 Å². The lowest BCUT2D eigenvalue weighted by Gasteiger charge is -2.29. The van der Waals surface area contributed by atoms with Crippen molar-refractivity contribution in [3.05, 3.63) is 5.82 Å². The Morgan fingerprint density at radius 2 is 2.39 bits per heavy atom. The van der Waals surface area contributed by atoms with E-state index >= 15 is 0 Å². The van der Waals surface area contributed by atoms with Gasteiger partial charge in [0.1, 0.15) is 5.82 Å². The molecule has 18 heavy (non-hydrogen) atoms. The molecule has 0 bridgehead atoms. The van der Waals surface area contributed by atoms with Gasteiger partial charge < -0.3 is 10.0 Å². The Kier molecular flexibility index (Phi) is 4.16. The Hall–Kier alpha value is -1.17. The van der Waals surface area contributed by atoms with Crippen LogP contribution in [-0.2, 0) is 11.2 Å². The van der Waals surface area contributed by atoms with E-state index in [1.54, 1.807) is 0 Å². The summed E-state index contributed by atoms with van der Waals surface area (Å²) < 4.78 is 4.34. The van der Waals surface area contributed by atoms with Gasteiger partial charge in [0.05, 0.1) is 5.92 Å². The maximum Gasteiger partial charge on any atom is 0.308 e. The van der Waals surface area contributed by atoms with E-state index < -0.39 is 5.97 Å². The first kappa shape index (κ1) is 13.3. The van der Waals surface area contributed by atoms with E-state index in [0.29, 0.717) is 12.5 Å². The normalized spacial score (nSPS) is 20.4. The molecule has 1 aliphatic rings. The first-order chi connectivity index (χ1) is 8.56. The molecule has 1 unspecified atom stereocenters. The Morgan fingerprint density at radius 1 is 1.61 bits per heavy atom. The van der Waals surface area contributed by atoms with Gasteiger partial charge in [-0.2, -0.15) is 4.37 Å². The second-order valence-electron chi connectivity index (χ2n) is 5.21. The summed E-state index contributed by atoms with van der Waals surface area (Å²) >= 11 is 1.38. The number of carbonyl (C=O) groups is 1. The van der Waals surface area contributed by atoms with Crippen molar-refractivity contribution in [2.75, 3.05) is 18.0 Å². The first-order valence-electron chi connectivity index (χ1n) is 6.36. The topological polar surface area (TPSA) is 66.3 Å². The molecule has 1 aliphatic heterocycles. The summed E-state index contributed by atoms with van der Waals surface area (Å²) in [6.45, 7) is 5.73. The predicted octanol–water partition coefficient (Wildman–Crippen LogP) is 2.04. The molecule has 1 atom stereocenters. The SMILES string of the molecule is CC(C)Cc1nsc(N2CCCC(C(=O)O)C2)n1. The average molecular weight is 269 g/mol. The first-order valence-corrected chi connectivity index (χ1v) is 7.14. The molecule has 0 aromatic carbocycles. The third-order valence-electron chi connectivity index (χ3n) is 3.09. The lowest BCUT2D eigenvalue weighted by Crippen LogP contribution is -2.38. The van der Waals surface area contributed by atoms with Crippen LogP contribution in [0.15, 0.2) is 0 Å². The summed E-state index contributed by atoms with van der Waals surface area (Å²) in [5.41, 5.74) is 0. The summed E-state index contributed by atoms with van der Waals surface area (Å²) in [6, 6.07) is 0. The van der Waals surface area contributed by atoms with Gasteiger partial charge in [0.15, 0.2) is 0 Å². The highest BCUT2D eigenvalue weighted by atomic mass is 32.1. The number of hydrogen-bond donors (Lipinski definition) is 1. The van der Waals surface area contributed by atoms with Crippen molar-refractivity contribution in [3.8, 4) is 0 Å². The fraction of sp³-hybridized carbons (Fsp3) is 0.750. The van der Waals surface area contributed by atoms with Crippen molar-refractivity contribution in [1.82, 2.24) is 9.36 Å². The third kappa shape index (κ3) is 3.19. The van der Waals surface area contributed by atoms with Gasteiger partial charge in [-0.25, -0.2) is 4.98 Å². The zero-order valence-corrected chi connectivity index (χ0v) is 11.6. The van der Waals surface area contributed by atoms with Gasteiger partial charge in [-0.05, 0) is 18.8 Å². The summed E-state index contributed by atoms with van der Waals surface area (Å²) in [5, 5.41) is 9.94. The Balaban J connectivity index is 2.02. The van der Waals surface area contributed by atoms with Crippen LogP contribution in [0, 0.1) is 11.8 Å². The fourth-order valence-electron chi connectivity index (χ4n) is 2.17. The van der Waals surface area contributed by atoms with Crippen LogP contribution in [0.2, 0.25) is 0 Å². The second-order valence-corrected chi connectivity index (χ2v) is 5.94. The van der Waals surface area contributed by atoms with E-state index in [1.165, 1.54) is 11.5 Å². The Morgan fingerprint density at radius 3 is 3.06 bits per heavy atom. The van der Waals surface area contributed by atoms with Crippen LogP contribution >= 0.6 is 11.5 Å². The minimum absolute atomic E-state index is 0.267. The summed E-state index contributed by atoms with van der Waals surface area (Å²) in [4.78, 5) is 17.6. The molecule has 1 N–H and O–H groups in total. The largest absolute Gasteiger partial charge is 0.481 e. The van der Waals surface area contributed by atoms with E-state index in [1.807, 2.05) is 0 Å². The van der Waals surface area contributed by atoms with E-state index in [2.05, 4.69) is 28.1 Å². The molecule has 1 saturated heterocycles. The second kappa shape index (κ2) is 5.65. The number of anilines is 1. The Labute approximate surface area is 111 Å². The van der Waals surface area contributed by atoms with Crippen LogP contribution < -0.4 is 4.90 Å². The molecule has 2 heterocycles. The van der Waals surface area contributed by atoms with Crippen molar-refractivity contribution in [2.24, 2.45) is 11.8 Å². The van der Waals surface area contributed by atoms with Crippen molar-refractivity contribution in [1.29, 1.82) is 0 Å². The quantitative estimate of drug-likeness (QED) is 0.906. The number of piperidine rings is 1. The molecule has 0 amide bonds. The lowest BCUT2D eigenvalue weighted by atomic mass is 9.99. The van der Waals surface area contributed by atoms with Crippen molar-refractivity contribution in [2.45, 2.75) is 33.1 Å². The number of carboxylic acid groups (broad SMARTS) is 1. The summed E-state index contributed by atoms with van der Waals surface area (Å²) in [5.74, 6) is 0.450. The van der Waals surface area contributed by atoms with Gasteiger partial charge in [-0.15, -0.1) is 0 Å². The maximum atomic E-state index is 11.0. The molecule has 1 aromatic heterocycles. The number of aromatic nitrogens is 2. The fourth-order valence-corrected chi connectivity index (χ4v) is 2.90. The van der Waals surface area contributed by atoms with E-state index in [0.717, 1.165) is 36.8 Å². The van der Waals surface area contributed by atoms with Crippen LogP contribution in [0.5, 0.6) is 0 Å². The molecule has 0 aliphatic carbocycles. The van der Waals surface area contributed by atoms with Crippen LogP contribution in [0.4, 0.5) is 5.13 Å². The maximum absolute atomic E-state index is 11.0. The number of hydrogen-bond acceptors (Lipinski definition) is 5. The van der Waals surface area contributed by atoms with Crippen molar-refractivity contribution >= 4 is 22.6 Å². The average Bonchev–Trinajstić information content (AvgIpc) is 2.77. The van der Waals surface area contributed by atoms with Crippen molar-refractivity contribution in [3.63, 3.8) is 0 Å². The number of carboxylic acids is 1. The van der Waals surface area contributed by atoms with Gasteiger partial charge in [0, 0.05) is 31.0 Å². The monoisotopic (exact) mass is 269 g/mol. The zero-order chi connectivity index (χ0) is 13.1. The third-order valence-corrected chi connectivity index (χ3v) is 3.90. The molecule has 100 valence electrons. The van der Waals surface area contributed by atoms with E-state index in [4.69, 9.17) is 5.11 Å². The molecule has 0 radical (unpaired) electrons. The molecule has 5 nitrogen and oxygen atoms in total. The van der Waals surface area contributed by atoms with Gasteiger partial charge >= 0.3 is 5.97 Å². The number of rotatable bonds is 4. The molecular weight excluding hydrogens is 250 g/mol. The highest BCUT2D eigenvalue weighted by Gasteiger charge is 2.27. The smallest absolute Gasteiger partial charge is 0.308 e. The van der Waals surface area contributed by atoms with Crippen molar-refractivity contribution < 1.29 is 9.90 Å². The highest BCUT2D eigenvalue weighted by molar-refractivity contribution is 7.09. The van der Waals surface area contributed by atoms with Gasteiger partial charge in [-0.1, -0.05) is 13.8 Å².